The van der Waals surface area contributed by atoms with E-state index in [9.17, 15) is 4.79 Å². The number of allylic oxidation sites excluding steroid dienone is 1. The van der Waals surface area contributed by atoms with E-state index in [4.69, 9.17) is 4.43 Å². The van der Waals surface area contributed by atoms with Crippen molar-refractivity contribution in [2.75, 3.05) is 0 Å². The topological polar surface area (TPSA) is 26.3 Å². The second-order valence-corrected chi connectivity index (χ2v) is 12.7. The van der Waals surface area contributed by atoms with Crippen molar-refractivity contribution in [2.45, 2.75) is 51.4 Å². The molecule has 0 N–H and O–H groups in total. The second-order valence-electron chi connectivity index (χ2n) is 7.10. The molecule has 0 heterocycles. The Bertz CT molecular complexity index is 585. The average Bonchev–Trinajstić information content (AvgIpc) is 2.68. The monoisotopic (exact) mass is 366 g/mol. The highest BCUT2D eigenvalue weighted by molar-refractivity contribution is 9.10. The summed E-state index contributed by atoms with van der Waals surface area (Å²) in [6, 6.07) is 7.85. The average molecular weight is 367 g/mol. The normalized spacial score (nSPS) is 19.8. The zero-order chi connectivity index (χ0) is 15.8. The minimum atomic E-state index is -1.85. The maximum absolute atomic E-state index is 12.3. The number of carbonyl (C=O) groups is 1. The highest BCUT2D eigenvalue weighted by atomic mass is 79.9. The Hall–Kier alpha value is -0.713. The zero-order valence-corrected chi connectivity index (χ0v) is 16.0. The highest BCUT2D eigenvalue weighted by Gasteiger charge is 2.40. The Balaban J connectivity index is 2.24. The molecule has 0 amide bonds. The van der Waals surface area contributed by atoms with Crippen molar-refractivity contribution in [3.63, 3.8) is 0 Å². The van der Waals surface area contributed by atoms with Crippen LogP contribution in [0.2, 0.25) is 18.1 Å². The van der Waals surface area contributed by atoms with Crippen LogP contribution in [0, 0.1) is 0 Å². The van der Waals surface area contributed by atoms with E-state index in [-0.39, 0.29) is 16.9 Å². The third-order valence-corrected chi connectivity index (χ3v) is 9.65. The van der Waals surface area contributed by atoms with Crippen LogP contribution < -0.4 is 0 Å². The van der Waals surface area contributed by atoms with Crippen LogP contribution in [0.4, 0.5) is 0 Å². The first-order valence-electron chi connectivity index (χ1n) is 7.29. The fraction of sp³-hybridized carbons (Fsp3) is 0.471. The minimum Gasteiger partial charge on any atom is -0.410 e. The van der Waals surface area contributed by atoms with E-state index in [1.807, 2.05) is 30.3 Å². The molecule has 0 spiro atoms. The Morgan fingerprint density at radius 2 is 1.86 bits per heavy atom. The Labute approximate surface area is 136 Å². The molecule has 1 aromatic carbocycles. The Morgan fingerprint density at radius 3 is 2.43 bits per heavy atom. The van der Waals surface area contributed by atoms with E-state index in [0.29, 0.717) is 6.42 Å². The molecule has 0 saturated heterocycles. The summed E-state index contributed by atoms with van der Waals surface area (Å²) in [6.45, 7) is 11.1. The van der Waals surface area contributed by atoms with Gasteiger partial charge in [-0.3, -0.25) is 4.79 Å². The summed E-state index contributed by atoms with van der Waals surface area (Å²) in [5.41, 5.74) is 1.75. The molecule has 21 heavy (non-hydrogen) atoms. The quantitative estimate of drug-likeness (QED) is 0.687. The molecule has 2 nitrogen and oxygen atoms in total. The lowest BCUT2D eigenvalue weighted by Crippen LogP contribution is -2.43. The zero-order valence-electron chi connectivity index (χ0n) is 13.4. The van der Waals surface area contributed by atoms with Crippen molar-refractivity contribution >= 4 is 35.6 Å². The Kier molecular flexibility index (Phi) is 4.62. The molecular weight excluding hydrogens is 344 g/mol. The standard InChI is InChI=1S/C17H23BrO2Si/c1-17(2,3)21(4,5)20-12-10-14(16(19)11-12)13-8-6-7-9-15(13)18/h6-10,12H,11H2,1-5H3. The van der Waals surface area contributed by atoms with E-state index in [1.165, 1.54) is 0 Å². The predicted octanol–water partition coefficient (Wildman–Crippen LogP) is 5.20. The molecule has 1 aliphatic carbocycles. The lowest BCUT2D eigenvalue weighted by molar-refractivity contribution is -0.114. The summed E-state index contributed by atoms with van der Waals surface area (Å²) < 4.78 is 7.31. The first-order valence-corrected chi connectivity index (χ1v) is 11.0. The van der Waals surface area contributed by atoms with Gasteiger partial charge in [0.25, 0.3) is 0 Å². The number of ketones is 1. The molecule has 0 aliphatic heterocycles. The third-order valence-electron chi connectivity index (χ3n) is 4.46. The summed E-state index contributed by atoms with van der Waals surface area (Å²) in [5.74, 6) is 0.172. The number of halogens is 1. The third kappa shape index (κ3) is 3.55. The summed E-state index contributed by atoms with van der Waals surface area (Å²) in [5, 5.41) is 0.153. The SMILES string of the molecule is CC(C)(C)[Si](C)(C)OC1C=C(c2ccccc2Br)C(=O)C1. The van der Waals surface area contributed by atoms with Gasteiger partial charge in [0.05, 0.1) is 6.10 Å². The number of hydrogen-bond donors (Lipinski definition) is 0. The van der Waals surface area contributed by atoms with Gasteiger partial charge in [0.1, 0.15) is 0 Å². The lowest BCUT2D eigenvalue weighted by Gasteiger charge is -2.37. The first-order chi connectivity index (χ1) is 9.62. The molecule has 0 radical (unpaired) electrons. The molecule has 1 atom stereocenters. The van der Waals surface area contributed by atoms with Crippen LogP contribution >= 0.6 is 15.9 Å². The van der Waals surface area contributed by atoms with Gasteiger partial charge in [-0.05, 0) is 35.8 Å². The van der Waals surface area contributed by atoms with Gasteiger partial charge < -0.3 is 4.43 Å². The second kappa shape index (κ2) is 5.82. The fourth-order valence-corrected chi connectivity index (χ4v) is 3.94. The molecule has 4 heteroatoms. The van der Waals surface area contributed by atoms with E-state index in [2.05, 4.69) is 49.8 Å². The van der Waals surface area contributed by atoms with E-state index in [0.717, 1.165) is 15.6 Å². The number of carbonyl (C=O) groups excluding carboxylic acids is 1. The van der Waals surface area contributed by atoms with Gasteiger partial charge in [0.15, 0.2) is 14.1 Å². The highest BCUT2D eigenvalue weighted by Crippen LogP contribution is 2.40. The van der Waals surface area contributed by atoms with Crippen LogP contribution in [-0.4, -0.2) is 20.2 Å². The lowest BCUT2D eigenvalue weighted by atomic mass is 10.1. The minimum absolute atomic E-state index is 0.0829. The molecule has 114 valence electrons. The van der Waals surface area contributed by atoms with Crippen molar-refractivity contribution in [1.29, 1.82) is 0 Å². The van der Waals surface area contributed by atoms with Gasteiger partial charge in [-0.25, -0.2) is 0 Å². The van der Waals surface area contributed by atoms with Gasteiger partial charge in [-0.15, -0.1) is 0 Å². The molecule has 0 aromatic heterocycles. The number of Topliss-reactive ketones (excluding diaryl/α,β-unsaturated/α-hetero) is 1. The van der Waals surface area contributed by atoms with Crippen LogP contribution in [-0.2, 0) is 9.22 Å². The van der Waals surface area contributed by atoms with E-state index < -0.39 is 8.32 Å². The van der Waals surface area contributed by atoms with Crippen LogP contribution in [0.15, 0.2) is 34.8 Å². The molecule has 1 unspecified atom stereocenters. The smallest absolute Gasteiger partial charge is 0.192 e. The van der Waals surface area contributed by atoms with Crippen molar-refractivity contribution in [3.8, 4) is 0 Å². The molecule has 1 aromatic rings. The van der Waals surface area contributed by atoms with Gasteiger partial charge in [0, 0.05) is 16.5 Å². The summed E-state index contributed by atoms with van der Waals surface area (Å²) >= 11 is 3.52. The molecule has 0 bridgehead atoms. The predicted molar refractivity (Wildman–Crippen MR) is 93.8 cm³/mol. The summed E-state index contributed by atoms with van der Waals surface area (Å²) in [6.07, 6.45) is 2.38. The van der Waals surface area contributed by atoms with Crippen molar-refractivity contribution in [2.24, 2.45) is 0 Å². The van der Waals surface area contributed by atoms with Gasteiger partial charge in [-0.1, -0.05) is 54.9 Å². The van der Waals surface area contributed by atoms with Crippen LogP contribution in [0.5, 0.6) is 0 Å². The van der Waals surface area contributed by atoms with Crippen molar-refractivity contribution in [3.05, 3.63) is 40.4 Å². The first kappa shape index (κ1) is 16.7. The fourth-order valence-electron chi connectivity index (χ4n) is 2.18. The molecule has 0 fully saturated rings. The largest absolute Gasteiger partial charge is 0.410 e. The molecular formula is C17H23BrO2Si. The molecule has 0 saturated carbocycles. The van der Waals surface area contributed by atoms with E-state index >= 15 is 0 Å². The van der Waals surface area contributed by atoms with Crippen molar-refractivity contribution in [1.82, 2.24) is 0 Å². The van der Waals surface area contributed by atoms with E-state index in [1.54, 1.807) is 0 Å². The van der Waals surface area contributed by atoms with Crippen molar-refractivity contribution < 1.29 is 9.22 Å². The van der Waals surface area contributed by atoms with Crippen LogP contribution in [0.1, 0.15) is 32.8 Å². The molecule has 2 rings (SSSR count). The number of hydrogen-bond acceptors (Lipinski definition) is 2. The number of benzene rings is 1. The molecule has 1 aliphatic rings. The van der Waals surface area contributed by atoms with Gasteiger partial charge in [0.2, 0.25) is 0 Å². The van der Waals surface area contributed by atoms with Gasteiger partial charge in [-0.2, -0.15) is 0 Å². The maximum atomic E-state index is 12.3. The Morgan fingerprint density at radius 1 is 1.24 bits per heavy atom. The van der Waals surface area contributed by atoms with Crippen LogP contribution in [0.3, 0.4) is 0 Å². The summed E-state index contributed by atoms with van der Waals surface area (Å²) in [4.78, 5) is 12.3. The maximum Gasteiger partial charge on any atom is 0.192 e. The van der Waals surface area contributed by atoms with Gasteiger partial charge >= 0.3 is 0 Å². The van der Waals surface area contributed by atoms with Crippen LogP contribution in [0.25, 0.3) is 5.57 Å². The number of rotatable bonds is 3. The summed E-state index contributed by atoms with van der Waals surface area (Å²) in [7, 11) is -1.85.